The lowest BCUT2D eigenvalue weighted by atomic mass is 9.94. The lowest BCUT2D eigenvalue weighted by Gasteiger charge is -2.29. The van der Waals surface area contributed by atoms with E-state index in [4.69, 9.17) is 9.47 Å². The second-order valence-corrected chi connectivity index (χ2v) is 9.33. The molecule has 0 bridgehead atoms. The highest BCUT2D eigenvalue weighted by Gasteiger charge is 2.29. The molecule has 2 unspecified atom stereocenters. The first kappa shape index (κ1) is 19.7. The minimum Gasteiger partial charge on any atom is -0.490 e. The lowest BCUT2D eigenvalue weighted by molar-refractivity contribution is 0.288. The highest BCUT2D eigenvalue weighted by Crippen LogP contribution is 2.36. The molecule has 0 saturated heterocycles. The van der Waals surface area contributed by atoms with E-state index in [1.807, 2.05) is 32.0 Å². The number of pyridine rings is 1. The van der Waals surface area contributed by atoms with Crippen LogP contribution in [0.2, 0.25) is 0 Å². The van der Waals surface area contributed by atoms with Gasteiger partial charge in [0, 0.05) is 35.6 Å². The van der Waals surface area contributed by atoms with Crippen LogP contribution in [0.15, 0.2) is 24.4 Å². The zero-order valence-electron chi connectivity index (χ0n) is 16.2. The molecule has 1 aliphatic rings. The second kappa shape index (κ2) is 8.33. The van der Waals surface area contributed by atoms with Gasteiger partial charge in [-0.1, -0.05) is 6.42 Å². The number of rotatable bonds is 7. The Morgan fingerprint density at radius 1 is 1.15 bits per heavy atom. The van der Waals surface area contributed by atoms with Gasteiger partial charge in [0.05, 0.1) is 24.0 Å². The highest BCUT2D eigenvalue weighted by molar-refractivity contribution is 7.91. The van der Waals surface area contributed by atoms with Gasteiger partial charge in [0.1, 0.15) is 9.84 Å². The Bertz CT molecular complexity index is 898. The molecule has 1 aliphatic carbocycles. The number of hydrogen-bond acceptors (Lipinski definition) is 6. The van der Waals surface area contributed by atoms with Gasteiger partial charge in [-0.3, -0.25) is 4.98 Å². The second-order valence-electron chi connectivity index (χ2n) is 7.00. The molecule has 1 saturated carbocycles. The summed E-state index contributed by atoms with van der Waals surface area (Å²) in [5.41, 5.74) is 1.77. The van der Waals surface area contributed by atoms with Crippen LogP contribution in [0.4, 0.5) is 5.69 Å². The van der Waals surface area contributed by atoms with Crippen molar-refractivity contribution in [3.63, 3.8) is 0 Å². The Morgan fingerprint density at radius 3 is 2.52 bits per heavy atom. The van der Waals surface area contributed by atoms with Crippen molar-refractivity contribution in [3.8, 4) is 11.5 Å². The van der Waals surface area contributed by atoms with Crippen molar-refractivity contribution < 1.29 is 17.9 Å². The third-order valence-corrected chi connectivity index (χ3v) is 6.64. The average molecular weight is 393 g/mol. The number of anilines is 1. The summed E-state index contributed by atoms with van der Waals surface area (Å²) in [5, 5.41) is 4.23. The van der Waals surface area contributed by atoms with Gasteiger partial charge in [-0.05, 0) is 45.2 Å². The maximum atomic E-state index is 11.9. The summed E-state index contributed by atoms with van der Waals surface area (Å²) < 4.78 is 35.3. The fraction of sp³-hybridized carbons (Fsp3) is 0.550. The summed E-state index contributed by atoms with van der Waals surface area (Å²) in [7, 11) is -3.01. The molecule has 0 spiro atoms. The van der Waals surface area contributed by atoms with Gasteiger partial charge in [-0.15, -0.1) is 0 Å². The van der Waals surface area contributed by atoms with Crippen LogP contribution >= 0.6 is 0 Å². The molecule has 1 heterocycles. The largest absolute Gasteiger partial charge is 0.490 e. The van der Waals surface area contributed by atoms with Crippen molar-refractivity contribution >= 4 is 26.4 Å². The zero-order chi connectivity index (χ0) is 19.4. The molecule has 148 valence electrons. The molecule has 2 atom stereocenters. The predicted octanol–water partition coefficient (Wildman–Crippen LogP) is 3.80. The Hall–Kier alpha value is -2.02. The molecule has 3 rings (SSSR count). The molecule has 0 radical (unpaired) electrons. The number of nitrogens with zero attached hydrogens (tertiary/aromatic N) is 1. The molecule has 6 nitrogen and oxygen atoms in total. The quantitative estimate of drug-likeness (QED) is 0.772. The van der Waals surface area contributed by atoms with Crippen LogP contribution in [0.1, 0.15) is 39.5 Å². The molecular formula is C20H28N2O4S. The van der Waals surface area contributed by atoms with E-state index in [2.05, 4.69) is 10.3 Å². The normalized spacial score (nSPS) is 20.4. The van der Waals surface area contributed by atoms with Gasteiger partial charge in [0.25, 0.3) is 0 Å². The van der Waals surface area contributed by atoms with Gasteiger partial charge >= 0.3 is 0 Å². The molecular weight excluding hydrogens is 364 g/mol. The van der Waals surface area contributed by atoms with E-state index in [1.54, 1.807) is 6.20 Å². The average Bonchev–Trinajstić information content (AvgIpc) is 2.63. The Morgan fingerprint density at radius 2 is 1.85 bits per heavy atom. The molecule has 27 heavy (non-hydrogen) atoms. The molecule has 1 aromatic carbocycles. The summed E-state index contributed by atoms with van der Waals surface area (Å²) in [6.45, 7) is 4.98. The fourth-order valence-electron chi connectivity index (χ4n) is 3.70. The Labute approximate surface area is 161 Å². The van der Waals surface area contributed by atoms with Crippen molar-refractivity contribution in [2.45, 2.75) is 50.8 Å². The molecule has 1 N–H and O–H groups in total. The molecule has 1 fully saturated rings. The summed E-state index contributed by atoms with van der Waals surface area (Å²) in [4.78, 5) is 4.46. The van der Waals surface area contributed by atoms with Gasteiger partial charge in [0.2, 0.25) is 0 Å². The van der Waals surface area contributed by atoms with E-state index in [9.17, 15) is 8.42 Å². The number of benzene rings is 1. The standard InChI is InChI=1S/C20H28N2O4S/c1-4-25-19-12-16-17(9-10-21-18(16)13-20(19)26-5-2)22-14-7-6-8-15(11-14)27(3,23)24/h9-10,12-15H,4-8,11H2,1-3H3,(H,21,22). The van der Waals surface area contributed by atoms with Crippen LogP contribution < -0.4 is 14.8 Å². The van der Waals surface area contributed by atoms with Gasteiger partial charge in [0.15, 0.2) is 11.5 Å². The van der Waals surface area contributed by atoms with Crippen LogP contribution in [0.3, 0.4) is 0 Å². The fourth-order valence-corrected chi connectivity index (χ4v) is 4.88. The first-order valence-corrected chi connectivity index (χ1v) is 11.5. The number of ether oxygens (including phenoxy) is 2. The number of sulfone groups is 1. The SMILES string of the molecule is CCOc1cc2nccc(NC3CCCC(S(C)(=O)=O)C3)c2cc1OCC. The monoisotopic (exact) mass is 392 g/mol. The molecule has 1 aromatic heterocycles. The maximum absolute atomic E-state index is 11.9. The van der Waals surface area contributed by atoms with Gasteiger partial charge in [-0.2, -0.15) is 0 Å². The van der Waals surface area contributed by atoms with Crippen LogP contribution in [0.25, 0.3) is 10.9 Å². The summed E-state index contributed by atoms with van der Waals surface area (Å²) in [6, 6.07) is 5.92. The van der Waals surface area contributed by atoms with E-state index in [0.717, 1.165) is 35.9 Å². The van der Waals surface area contributed by atoms with Crippen LogP contribution in [0.5, 0.6) is 11.5 Å². The minimum atomic E-state index is -3.01. The third kappa shape index (κ3) is 4.64. The predicted molar refractivity (Wildman–Crippen MR) is 109 cm³/mol. The maximum Gasteiger partial charge on any atom is 0.163 e. The molecule has 2 aromatic rings. The highest BCUT2D eigenvalue weighted by atomic mass is 32.2. The first-order chi connectivity index (χ1) is 12.9. The van der Waals surface area contributed by atoms with Crippen LogP contribution in [-0.2, 0) is 9.84 Å². The van der Waals surface area contributed by atoms with Gasteiger partial charge < -0.3 is 14.8 Å². The topological polar surface area (TPSA) is 77.5 Å². The van der Waals surface area contributed by atoms with Crippen molar-refractivity contribution in [2.75, 3.05) is 24.8 Å². The molecule has 0 amide bonds. The third-order valence-electron chi connectivity index (χ3n) is 5.00. The Balaban J connectivity index is 1.91. The van der Waals surface area contributed by atoms with Crippen molar-refractivity contribution in [1.82, 2.24) is 4.98 Å². The zero-order valence-corrected chi connectivity index (χ0v) is 17.0. The van der Waals surface area contributed by atoms with Crippen molar-refractivity contribution in [1.29, 1.82) is 0 Å². The minimum absolute atomic E-state index is 0.131. The van der Waals surface area contributed by atoms with E-state index in [1.165, 1.54) is 6.26 Å². The van der Waals surface area contributed by atoms with Gasteiger partial charge in [-0.25, -0.2) is 8.42 Å². The Kier molecular flexibility index (Phi) is 6.09. The number of hydrogen-bond donors (Lipinski definition) is 1. The van der Waals surface area contributed by atoms with Crippen LogP contribution in [0, 0.1) is 0 Å². The van der Waals surface area contributed by atoms with Crippen molar-refractivity contribution in [2.24, 2.45) is 0 Å². The summed E-state index contributed by atoms with van der Waals surface area (Å²) in [6.07, 6.45) is 6.36. The smallest absolute Gasteiger partial charge is 0.163 e. The number of fused-ring (bicyclic) bond motifs is 1. The number of aromatic nitrogens is 1. The van der Waals surface area contributed by atoms with E-state index >= 15 is 0 Å². The number of nitrogens with one attached hydrogen (secondary N) is 1. The molecule has 0 aliphatic heterocycles. The first-order valence-electron chi connectivity index (χ1n) is 9.56. The molecule has 7 heteroatoms. The van der Waals surface area contributed by atoms with E-state index in [0.29, 0.717) is 31.1 Å². The van der Waals surface area contributed by atoms with Crippen molar-refractivity contribution in [3.05, 3.63) is 24.4 Å². The summed E-state index contributed by atoms with van der Waals surface area (Å²) in [5.74, 6) is 1.38. The van der Waals surface area contributed by atoms with E-state index < -0.39 is 9.84 Å². The van der Waals surface area contributed by atoms with Crippen LogP contribution in [-0.4, -0.2) is 44.2 Å². The summed E-state index contributed by atoms with van der Waals surface area (Å²) >= 11 is 0. The van der Waals surface area contributed by atoms with E-state index in [-0.39, 0.29) is 11.3 Å². The lowest BCUT2D eigenvalue weighted by Crippen LogP contribution is -2.34.